The fourth-order valence-electron chi connectivity index (χ4n) is 6.58. The average Bonchev–Trinajstić information content (AvgIpc) is 3.69. The Hall–Kier alpha value is -4.69. The van der Waals surface area contributed by atoms with E-state index in [0.717, 1.165) is 16.0 Å². The molecule has 0 radical (unpaired) electrons. The first-order valence-corrected chi connectivity index (χ1v) is 20.2. The van der Waals surface area contributed by atoms with Crippen molar-refractivity contribution in [3.05, 3.63) is 154 Å². The molecule has 0 aliphatic carbocycles. The van der Waals surface area contributed by atoms with Crippen LogP contribution in [0.2, 0.25) is 0 Å². The third kappa shape index (κ3) is 6.73. The average molecular weight is 720 g/mol. The quantitative estimate of drug-likeness (QED) is 0.101. The number of fused-ring (bicyclic) bond motifs is 1. The number of ether oxygens (including phenoxy) is 2. The summed E-state index contributed by atoms with van der Waals surface area (Å²) in [4.78, 5) is 43.7. The lowest BCUT2D eigenvalue weighted by Crippen LogP contribution is -2.70. The zero-order valence-corrected chi connectivity index (χ0v) is 30.0. The number of thioether (sulfide) groups is 1. The molecule has 0 spiro atoms. The standard InChI is InChI=1S/C40H35N2O5PS2/c1-46-30-21-19-28(20-22-30)25-47-40(45)37-29(27-50-39-36(38(44)42(37)39)41-35(43)24-34-18-11-23-49-34)26-48(31-12-5-2-6-13-31,32-14-7-3-8-15-32)33-16-9-4-10-17-33/h2-23,36,39H,24-27H2,1H3/p+1/t36-,39-/m1/s1. The molecule has 2 aliphatic rings. The first-order valence-electron chi connectivity index (χ1n) is 16.3. The van der Waals surface area contributed by atoms with Gasteiger partial charge in [-0.3, -0.25) is 14.5 Å². The van der Waals surface area contributed by atoms with E-state index in [-0.39, 0.29) is 30.5 Å². The molecule has 7 rings (SSSR count). The topological polar surface area (TPSA) is 84.9 Å². The number of esters is 1. The maximum atomic E-state index is 14.3. The molecule has 2 amide bonds. The number of β-lactam (4-membered cyclic amide) rings is 1. The van der Waals surface area contributed by atoms with Crippen LogP contribution in [0.5, 0.6) is 5.75 Å². The number of methoxy groups -OCH3 is 1. The summed E-state index contributed by atoms with van der Waals surface area (Å²) in [6, 6.07) is 41.8. The number of nitrogens with one attached hydrogen (secondary N) is 1. The van der Waals surface area contributed by atoms with Gasteiger partial charge in [-0.05, 0) is 65.5 Å². The first-order chi connectivity index (χ1) is 24.5. The largest absolute Gasteiger partial charge is 0.497 e. The number of hydrogen-bond acceptors (Lipinski definition) is 7. The summed E-state index contributed by atoms with van der Waals surface area (Å²) in [6.07, 6.45) is 0.742. The number of carbonyl (C=O) groups excluding carboxylic acids is 3. The Morgan fingerprint density at radius 3 is 1.96 bits per heavy atom. The SMILES string of the molecule is COc1ccc(COC(=O)C2=C(C[P+](c3ccccc3)(c3ccccc3)c3ccccc3)CS[C@@H]3[C@H](NC(=O)Cc4cccs4)C(=O)N23)cc1. The third-order valence-electron chi connectivity index (χ3n) is 9.02. The second-order valence-corrected chi connectivity index (χ2v) is 17.7. The normalized spacial score (nSPS) is 17.1. The molecule has 1 aromatic heterocycles. The summed E-state index contributed by atoms with van der Waals surface area (Å²) in [5, 5.41) is 7.99. The van der Waals surface area contributed by atoms with Crippen LogP contribution in [0.4, 0.5) is 0 Å². The van der Waals surface area contributed by atoms with Crippen molar-refractivity contribution in [2.45, 2.75) is 24.4 Å². The van der Waals surface area contributed by atoms with Gasteiger partial charge in [0.1, 0.15) is 52.6 Å². The minimum absolute atomic E-state index is 0.0385. The predicted octanol–water partition coefficient (Wildman–Crippen LogP) is 5.69. The van der Waals surface area contributed by atoms with E-state index >= 15 is 0 Å². The third-order valence-corrected chi connectivity index (χ3v) is 15.6. The number of rotatable bonds is 12. The fourth-order valence-corrected chi connectivity index (χ4v) is 13.1. The molecule has 5 aromatic rings. The lowest BCUT2D eigenvalue weighted by atomic mass is 10.0. The van der Waals surface area contributed by atoms with Crippen LogP contribution in [0.3, 0.4) is 0 Å². The van der Waals surface area contributed by atoms with Crippen molar-refractivity contribution in [2.75, 3.05) is 19.0 Å². The molecule has 1 fully saturated rings. The lowest BCUT2D eigenvalue weighted by Gasteiger charge is -2.50. The maximum Gasteiger partial charge on any atom is 0.355 e. The van der Waals surface area contributed by atoms with Gasteiger partial charge in [0.25, 0.3) is 5.91 Å². The highest BCUT2D eigenvalue weighted by molar-refractivity contribution is 8.00. The van der Waals surface area contributed by atoms with Gasteiger partial charge in [0.05, 0.1) is 19.7 Å². The molecule has 10 heteroatoms. The summed E-state index contributed by atoms with van der Waals surface area (Å²) in [5.74, 6) is 0.140. The number of amides is 2. The molecule has 0 unspecified atom stereocenters. The van der Waals surface area contributed by atoms with Gasteiger partial charge in [0.15, 0.2) is 0 Å². The lowest BCUT2D eigenvalue weighted by molar-refractivity contribution is -0.153. The number of hydrogen-bond donors (Lipinski definition) is 1. The van der Waals surface area contributed by atoms with Crippen molar-refractivity contribution in [1.82, 2.24) is 10.2 Å². The van der Waals surface area contributed by atoms with Crippen molar-refractivity contribution in [3.8, 4) is 5.75 Å². The molecular formula is C40H36N2O5PS2+. The fraction of sp³-hybridized carbons (Fsp3) is 0.175. The molecule has 1 saturated heterocycles. The second kappa shape index (κ2) is 15.1. The van der Waals surface area contributed by atoms with Gasteiger partial charge in [-0.2, -0.15) is 0 Å². The van der Waals surface area contributed by atoms with Gasteiger partial charge in [0.2, 0.25) is 5.91 Å². The van der Waals surface area contributed by atoms with Gasteiger partial charge in [-0.25, -0.2) is 4.79 Å². The van der Waals surface area contributed by atoms with Crippen LogP contribution in [0.25, 0.3) is 0 Å². The van der Waals surface area contributed by atoms with Crippen molar-refractivity contribution in [3.63, 3.8) is 0 Å². The van der Waals surface area contributed by atoms with E-state index in [4.69, 9.17) is 9.47 Å². The van der Waals surface area contributed by atoms with Gasteiger partial charge in [-0.15, -0.1) is 23.1 Å². The van der Waals surface area contributed by atoms with Crippen molar-refractivity contribution >= 4 is 64.1 Å². The number of carbonyl (C=O) groups is 3. The van der Waals surface area contributed by atoms with Gasteiger partial charge < -0.3 is 14.8 Å². The Labute approximate surface area is 300 Å². The Kier molecular flexibility index (Phi) is 10.2. The monoisotopic (exact) mass is 719 g/mol. The van der Waals surface area contributed by atoms with Crippen molar-refractivity contribution in [2.24, 2.45) is 0 Å². The molecule has 0 saturated carbocycles. The molecule has 2 aliphatic heterocycles. The minimum atomic E-state index is -2.40. The highest BCUT2D eigenvalue weighted by Gasteiger charge is 2.56. The Morgan fingerprint density at radius 2 is 1.42 bits per heavy atom. The number of nitrogens with zero attached hydrogens (tertiary/aromatic N) is 1. The van der Waals surface area contributed by atoms with Crippen LogP contribution in [-0.4, -0.2) is 53.1 Å². The van der Waals surface area contributed by atoms with Crippen LogP contribution in [-0.2, 0) is 32.1 Å². The van der Waals surface area contributed by atoms with Crippen molar-refractivity contribution in [1.29, 1.82) is 0 Å². The Bertz CT molecular complexity index is 1890. The summed E-state index contributed by atoms with van der Waals surface area (Å²) in [7, 11) is -0.794. The predicted molar refractivity (Wildman–Crippen MR) is 203 cm³/mol. The summed E-state index contributed by atoms with van der Waals surface area (Å²) in [5.41, 5.74) is 1.94. The van der Waals surface area contributed by atoms with E-state index < -0.39 is 24.6 Å². The molecular weight excluding hydrogens is 684 g/mol. The number of thiophene rings is 1. The first kappa shape index (κ1) is 33.8. The van der Waals surface area contributed by atoms with Crippen LogP contribution in [0, 0.1) is 0 Å². The maximum absolute atomic E-state index is 14.3. The van der Waals surface area contributed by atoms with E-state index in [1.165, 1.54) is 27.3 Å². The molecule has 252 valence electrons. The highest BCUT2D eigenvalue weighted by Crippen LogP contribution is 2.58. The summed E-state index contributed by atoms with van der Waals surface area (Å²) >= 11 is 3.08. The number of benzene rings is 4. The minimum Gasteiger partial charge on any atom is -0.497 e. The van der Waals surface area contributed by atoms with Crippen LogP contribution in [0.15, 0.2) is 144 Å². The molecule has 0 bridgehead atoms. The smallest absolute Gasteiger partial charge is 0.355 e. The van der Waals surface area contributed by atoms with E-state index in [2.05, 4.69) is 78.1 Å². The zero-order chi connectivity index (χ0) is 34.5. The highest BCUT2D eigenvalue weighted by atomic mass is 32.2. The molecule has 1 N–H and O–H groups in total. The van der Waals surface area contributed by atoms with Crippen molar-refractivity contribution < 1.29 is 23.9 Å². The summed E-state index contributed by atoms with van der Waals surface area (Å²) in [6.45, 7) is 0.0385. The molecule has 50 heavy (non-hydrogen) atoms. The van der Waals surface area contributed by atoms with E-state index in [1.54, 1.807) is 23.8 Å². The van der Waals surface area contributed by atoms with E-state index in [1.807, 2.05) is 60.0 Å². The second-order valence-electron chi connectivity index (χ2n) is 12.1. The van der Waals surface area contributed by atoms with Gasteiger partial charge in [-0.1, -0.05) is 72.8 Å². The molecule has 7 nitrogen and oxygen atoms in total. The molecule has 4 aromatic carbocycles. The van der Waals surface area contributed by atoms with Crippen LogP contribution in [0.1, 0.15) is 10.4 Å². The van der Waals surface area contributed by atoms with E-state index in [0.29, 0.717) is 17.7 Å². The van der Waals surface area contributed by atoms with Crippen LogP contribution >= 0.6 is 30.4 Å². The Balaban J connectivity index is 1.28. The molecule has 2 atom stereocenters. The molecule has 3 heterocycles. The van der Waals surface area contributed by atoms with Gasteiger partial charge in [0, 0.05) is 16.2 Å². The zero-order valence-electron chi connectivity index (χ0n) is 27.4. The van der Waals surface area contributed by atoms with Crippen LogP contribution < -0.4 is 26.0 Å². The Morgan fingerprint density at radius 1 is 0.820 bits per heavy atom. The van der Waals surface area contributed by atoms with E-state index in [9.17, 15) is 14.4 Å². The summed E-state index contributed by atoms with van der Waals surface area (Å²) < 4.78 is 11.3. The van der Waals surface area contributed by atoms with Gasteiger partial charge >= 0.3 is 5.97 Å².